The Morgan fingerprint density at radius 3 is 2.52 bits per heavy atom. The molecule has 3 nitrogen and oxygen atoms in total. The smallest absolute Gasteiger partial charge is 0.352 e. The van der Waals surface area contributed by atoms with E-state index >= 15 is 0 Å². The molecule has 0 atom stereocenters. The van der Waals surface area contributed by atoms with Crippen LogP contribution in [0.5, 0.6) is 0 Å². The highest BCUT2D eigenvalue weighted by atomic mass is 19.4. The van der Waals surface area contributed by atoms with Crippen molar-refractivity contribution in [2.75, 3.05) is 6.54 Å². The van der Waals surface area contributed by atoms with Gasteiger partial charge in [0.1, 0.15) is 0 Å². The van der Waals surface area contributed by atoms with Crippen molar-refractivity contribution < 1.29 is 18.0 Å². The van der Waals surface area contributed by atoms with Crippen molar-refractivity contribution in [2.24, 2.45) is 0 Å². The number of benzene rings is 1. The number of alkyl halides is 3. The molecule has 1 fully saturated rings. The van der Waals surface area contributed by atoms with Gasteiger partial charge in [0.05, 0.1) is 12.1 Å². The summed E-state index contributed by atoms with van der Waals surface area (Å²) in [6.07, 6.45) is -0.148. The van der Waals surface area contributed by atoms with E-state index in [-0.39, 0.29) is 30.6 Å². The summed E-state index contributed by atoms with van der Waals surface area (Å²) in [5.74, 6) is -0.161. The summed E-state index contributed by atoms with van der Waals surface area (Å²) in [7, 11) is 0. The average molecular weight is 300 g/mol. The summed E-state index contributed by atoms with van der Waals surface area (Å²) in [6, 6.07) is 5.62. The normalized spacial score (nSPS) is 16.1. The first-order valence-electron chi connectivity index (χ1n) is 7.12. The first-order valence-corrected chi connectivity index (χ1v) is 7.12. The molecule has 0 aromatic heterocycles. The Kier molecular flexibility index (Phi) is 5.22. The van der Waals surface area contributed by atoms with Gasteiger partial charge in [0.2, 0.25) is 5.91 Å². The van der Waals surface area contributed by atoms with E-state index < -0.39 is 11.7 Å². The first-order chi connectivity index (χ1) is 9.97. The second kappa shape index (κ2) is 6.93. The van der Waals surface area contributed by atoms with Crippen LogP contribution in [-0.2, 0) is 17.5 Å². The summed E-state index contributed by atoms with van der Waals surface area (Å²) in [5.41, 5.74) is -0.507. The molecule has 0 aliphatic heterocycles. The number of carbonyl (C=O) groups is 1. The van der Waals surface area contributed by atoms with Crippen LogP contribution in [0.15, 0.2) is 24.3 Å². The minimum atomic E-state index is -4.37. The maximum atomic E-state index is 12.8. The molecule has 6 heteroatoms. The number of amides is 1. The van der Waals surface area contributed by atoms with Gasteiger partial charge in [-0.25, -0.2) is 0 Å². The molecule has 0 spiro atoms. The summed E-state index contributed by atoms with van der Waals surface area (Å²) < 4.78 is 38.4. The van der Waals surface area contributed by atoms with Crippen molar-refractivity contribution in [3.05, 3.63) is 35.4 Å². The van der Waals surface area contributed by atoms with Crippen LogP contribution < -0.4 is 10.6 Å². The van der Waals surface area contributed by atoms with Gasteiger partial charge in [0, 0.05) is 12.6 Å². The molecule has 1 aromatic rings. The third-order valence-electron chi connectivity index (χ3n) is 3.64. The Hall–Kier alpha value is -1.56. The number of carbonyl (C=O) groups excluding carboxylic acids is 1. The van der Waals surface area contributed by atoms with Gasteiger partial charge < -0.3 is 10.6 Å². The van der Waals surface area contributed by atoms with Gasteiger partial charge in [-0.05, 0) is 24.5 Å². The van der Waals surface area contributed by atoms with Gasteiger partial charge in [0.25, 0.3) is 0 Å². The zero-order chi connectivity index (χ0) is 15.3. The molecule has 1 saturated carbocycles. The van der Waals surface area contributed by atoms with Crippen molar-refractivity contribution in [3.63, 3.8) is 0 Å². The summed E-state index contributed by atoms with van der Waals surface area (Å²) >= 11 is 0. The molecule has 1 amide bonds. The van der Waals surface area contributed by atoms with E-state index in [1.807, 2.05) is 0 Å². The van der Waals surface area contributed by atoms with Crippen LogP contribution in [0.4, 0.5) is 13.2 Å². The van der Waals surface area contributed by atoms with E-state index in [1.54, 1.807) is 6.07 Å². The second-order valence-corrected chi connectivity index (χ2v) is 5.31. The van der Waals surface area contributed by atoms with Gasteiger partial charge >= 0.3 is 6.18 Å². The molecule has 0 heterocycles. The quantitative estimate of drug-likeness (QED) is 0.878. The lowest BCUT2D eigenvalue weighted by molar-refractivity contribution is -0.138. The van der Waals surface area contributed by atoms with Gasteiger partial charge in [-0.1, -0.05) is 31.0 Å². The van der Waals surface area contributed by atoms with Crippen LogP contribution in [0.1, 0.15) is 36.8 Å². The summed E-state index contributed by atoms with van der Waals surface area (Å²) in [6.45, 7) is 0.0520. The third kappa shape index (κ3) is 4.74. The Labute approximate surface area is 121 Å². The highest BCUT2D eigenvalue weighted by Crippen LogP contribution is 2.31. The number of nitrogens with one attached hydrogen (secondary N) is 2. The molecule has 0 unspecified atom stereocenters. The van der Waals surface area contributed by atoms with E-state index in [4.69, 9.17) is 0 Å². The molecule has 1 aliphatic rings. The van der Waals surface area contributed by atoms with Gasteiger partial charge in [-0.3, -0.25) is 4.79 Å². The van der Waals surface area contributed by atoms with Crippen molar-refractivity contribution >= 4 is 5.91 Å². The van der Waals surface area contributed by atoms with E-state index in [0.717, 1.165) is 31.7 Å². The van der Waals surface area contributed by atoms with E-state index in [9.17, 15) is 18.0 Å². The van der Waals surface area contributed by atoms with Crippen LogP contribution in [0.2, 0.25) is 0 Å². The molecule has 2 N–H and O–H groups in total. The Balaban J connectivity index is 1.82. The van der Waals surface area contributed by atoms with Crippen LogP contribution in [-0.4, -0.2) is 18.5 Å². The molecule has 21 heavy (non-hydrogen) atoms. The first kappa shape index (κ1) is 15.8. The van der Waals surface area contributed by atoms with Crippen LogP contribution >= 0.6 is 0 Å². The molecule has 0 radical (unpaired) electrons. The SMILES string of the molecule is O=C(CNCc1ccccc1C(F)(F)F)NC1CCCC1. The van der Waals surface area contributed by atoms with Gasteiger partial charge in [-0.2, -0.15) is 13.2 Å². The fourth-order valence-corrected chi connectivity index (χ4v) is 2.61. The largest absolute Gasteiger partial charge is 0.416 e. The van der Waals surface area contributed by atoms with Crippen LogP contribution in [0, 0.1) is 0 Å². The van der Waals surface area contributed by atoms with Crippen molar-refractivity contribution in [1.29, 1.82) is 0 Å². The molecular formula is C15H19F3N2O. The highest BCUT2D eigenvalue weighted by Gasteiger charge is 2.32. The molecule has 1 aliphatic carbocycles. The highest BCUT2D eigenvalue weighted by molar-refractivity contribution is 5.78. The molecule has 1 aromatic carbocycles. The lowest BCUT2D eigenvalue weighted by Gasteiger charge is -2.14. The maximum Gasteiger partial charge on any atom is 0.416 e. The molecule has 0 saturated heterocycles. The lowest BCUT2D eigenvalue weighted by atomic mass is 10.1. The number of hydrogen-bond donors (Lipinski definition) is 2. The molecule has 2 rings (SSSR count). The van der Waals surface area contributed by atoms with E-state index in [2.05, 4.69) is 10.6 Å². The monoisotopic (exact) mass is 300 g/mol. The molecular weight excluding hydrogens is 281 g/mol. The zero-order valence-corrected chi connectivity index (χ0v) is 11.7. The maximum absolute atomic E-state index is 12.8. The van der Waals surface area contributed by atoms with E-state index in [0.29, 0.717) is 0 Å². The lowest BCUT2D eigenvalue weighted by Crippen LogP contribution is -2.39. The Bertz CT molecular complexity index is 482. The minimum Gasteiger partial charge on any atom is -0.352 e. The average Bonchev–Trinajstić information content (AvgIpc) is 2.91. The van der Waals surface area contributed by atoms with Crippen molar-refractivity contribution in [2.45, 2.75) is 44.4 Å². The summed E-state index contributed by atoms with van der Waals surface area (Å²) in [5, 5.41) is 5.66. The van der Waals surface area contributed by atoms with Crippen LogP contribution in [0.3, 0.4) is 0 Å². The fourth-order valence-electron chi connectivity index (χ4n) is 2.61. The number of hydrogen-bond acceptors (Lipinski definition) is 2. The minimum absolute atomic E-state index is 0.0216. The zero-order valence-electron chi connectivity index (χ0n) is 11.7. The number of rotatable bonds is 5. The van der Waals surface area contributed by atoms with Gasteiger partial charge in [0.15, 0.2) is 0 Å². The third-order valence-corrected chi connectivity index (χ3v) is 3.64. The summed E-state index contributed by atoms with van der Waals surface area (Å²) in [4.78, 5) is 11.7. The predicted octanol–water partition coefficient (Wildman–Crippen LogP) is 2.85. The standard InChI is InChI=1S/C15H19F3N2O/c16-15(17,18)13-8-4-1-5-11(13)9-19-10-14(21)20-12-6-2-3-7-12/h1,4-5,8,12,19H,2-3,6-7,9-10H2,(H,20,21). The van der Waals surface area contributed by atoms with E-state index in [1.165, 1.54) is 12.1 Å². The van der Waals surface area contributed by atoms with Crippen molar-refractivity contribution in [3.8, 4) is 0 Å². The van der Waals surface area contributed by atoms with Crippen molar-refractivity contribution in [1.82, 2.24) is 10.6 Å². The Morgan fingerprint density at radius 2 is 1.86 bits per heavy atom. The molecule has 116 valence electrons. The fraction of sp³-hybridized carbons (Fsp3) is 0.533. The molecule has 0 bridgehead atoms. The van der Waals surface area contributed by atoms with Gasteiger partial charge in [-0.15, -0.1) is 0 Å². The predicted molar refractivity (Wildman–Crippen MR) is 73.5 cm³/mol. The van der Waals surface area contributed by atoms with Crippen LogP contribution in [0.25, 0.3) is 0 Å². The Morgan fingerprint density at radius 1 is 1.19 bits per heavy atom. The number of halogens is 3. The topological polar surface area (TPSA) is 41.1 Å². The second-order valence-electron chi connectivity index (χ2n) is 5.31.